The van der Waals surface area contributed by atoms with Gasteiger partial charge in [0.05, 0.1) is 12.4 Å². The van der Waals surface area contributed by atoms with Gasteiger partial charge in [0, 0.05) is 18.8 Å². The van der Waals surface area contributed by atoms with E-state index in [1.165, 1.54) is 23.7 Å². The predicted molar refractivity (Wildman–Crippen MR) is 108 cm³/mol. The molecule has 1 aliphatic rings. The fourth-order valence-corrected chi connectivity index (χ4v) is 5.95. The first kappa shape index (κ1) is 19.5. The van der Waals surface area contributed by atoms with Crippen LogP contribution in [0.15, 0.2) is 32.9 Å². The zero-order valence-electron chi connectivity index (χ0n) is 15.0. The minimum absolute atomic E-state index is 0.111. The highest BCUT2D eigenvalue weighted by Gasteiger charge is 2.24. The Hall–Kier alpha value is -1.25. The van der Waals surface area contributed by atoms with Crippen LogP contribution in [-0.2, 0) is 10.5 Å². The Balaban J connectivity index is 1.49. The summed E-state index contributed by atoms with van der Waals surface area (Å²) in [5.41, 5.74) is 1.22. The van der Waals surface area contributed by atoms with Crippen molar-refractivity contribution in [2.75, 3.05) is 20.2 Å². The van der Waals surface area contributed by atoms with E-state index in [-0.39, 0.29) is 11.2 Å². The first-order valence-corrected chi connectivity index (χ1v) is 11.4. The summed E-state index contributed by atoms with van der Waals surface area (Å²) >= 11 is 4.74. The third kappa shape index (κ3) is 5.37. The zero-order chi connectivity index (χ0) is 18.4. The van der Waals surface area contributed by atoms with Gasteiger partial charge in [0.1, 0.15) is 5.75 Å². The van der Waals surface area contributed by atoms with Crippen LogP contribution in [0.4, 0.5) is 0 Å². The van der Waals surface area contributed by atoms with Crippen molar-refractivity contribution >= 4 is 40.8 Å². The van der Waals surface area contributed by atoms with E-state index in [1.807, 2.05) is 24.0 Å². The van der Waals surface area contributed by atoms with E-state index in [9.17, 15) is 4.79 Å². The second-order valence-electron chi connectivity index (χ2n) is 6.12. The van der Waals surface area contributed by atoms with Gasteiger partial charge < -0.3 is 9.64 Å². The van der Waals surface area contributed by atoms with Crippen LogP contribution >= 0.6 is 34.9 Å². The van der Waals surface area contributed by atoms with Crippen molar-refractivity contribution in [3.8, 4) is 5.75 Å². The molecule has 2 heterocycles. The number of benzene rings is 1. The molecule has 1 saturated heterocycles. The summed E-state index contributed by atoms with van der Waals surface area (Å²) in [7, 11) is 1.67. The number of ether oxygens (including phenoxy) is 1. The number of hydrogen-bond donors (Lipinski definition) is 0. The molecule has 1 aliphatic heterocycles. The van der Waals surface area contributed by atoms with E-state index in [0.29, 0.717) is 0 Å². The van der Waals surface area contributed by atoms with Crippen molar-refractivity contribution in [3.05, 3.63) is 29.8 Å². The molecule has 1 amide bonds. The molecule has 8 heteroatoms. The summed E-state index contributed by atoms with van der Waals surface area (Å²) in [6.45, 7) is 3.75. The van der Waals surface area contributed by atoms with Gasteiger partial charge in [-0.1, -0.05) is 47.0 Å². The number of carbonyl (C=O) groups is 1. The summed E-state index contributed by atoms with van der Waals surface area (Å²) in [5.74, 6) is 1.92. The molecule has 0 saturated carbocycles. The number of thioether (sulfide) groups is 2. The monoisotopic (exact) mass is 409 g/mol. The number of hydrogen-bond acceptors (Lipinski definition) is 7. The van der Waals surface area contributed by atoms with Gasteiger partial charge in [-0.3, -0.25) is 4.79 Å². The Labute approximate surface area is 166 Å². The van der Waals surface area contributed by atoms with E-state index < -0.39 is 0 Å². The van der Waals surface area contributed by atoms with Crippen molar-refractivity contribution in [1.29, 1.82) is 0 Å². The van der Waals surface area contributed by atoms with Crippen LogP contribution in [0.3, 0.4) is 0 Å². The molecule has 2 aromatic rings. The molecule has 0 aliphatic carbocycles. The smallest absolute Gasteiger partial charge is 0.235 e. The Morgan fingerprint density at radius 2 is 1.88 bits per heavy atom. The van der Waals surface area contributed by atoms with Crippen LogP contribution in [0.2, 0.25) is 0 Å². The lowest BCUT2D eigenvalue weighted by molar-refractivity contribution is -0.131. The van der Waals surface area contributed by atoms with Crippen LogP contribution in [0.25, 0.3) is 0 Å². The number of nitrogens with zero attached hydrogens (tertiary/aromatic N) is 3. The number of carbonyl (C=O) groups excluding carboxylic acids is 1. The molecule has 0 bridgehead atoms. The largest absolute Gasteiger partial charge is 0.497 e. The average molecular weight is 410 g/mol. The number of likely N-dealkylation sites (tertiary alicyclic amines) is 1. The molecule has 1 fully saturated rings. The molecule has 1 aromatic carbocycles. The van der Waals surface area contributed by atoms with Crippen LogP contribution in [0.1, 0.15) is 31.7 Å². The number of aromatic nitrogens is 2. The first-order chi connectivity index (χ1) is 12.7. The Bertz CT molecular complexity index is 715. The fraction of sp³-hybridized carbons (Fsp3) is 0.500. The van der Waals surface area contributed by atoms with Gasteiger partial charge in [-0.15, -0.1) is 10.2 Å². The van der Waals surface area contributed by atoms with Crippen LogP contribution in [0.5, 0.6) is 5.75 Å². The molecule has 0 spiro atoms. The Kier molecular flexibility index (Phi) is 7.22. The minimum atomic E-state index is -0.111. The van der Waals surface area contributed by atoms with Gasteiger partial charge in [0.25, 0.3) is 0 Å². The summed E-state index contributed by atoms with van der Waals surface area (Å²) in [5, 5.41) is 8.38. The topological polar surface area (TPSA) is 55.3 Å². The minimum Gasteiger partial charge on any atom is -0.497 e. The maximum atomic E-state index is 12.5. The highest BCUT2D eigenvalue weighted by molar-refractivity contribution is 8.03. The summed E-state index contributed by atoms with van der Waals surface area (Å²) in [6.07, 6.45) is 3.47. The molecule has 140 valence electrons. The van der Waals surface area contributed by atoms with E-state index in [2.05, 4.69) is 22.3 Å². The number of rotatable bonds is 7. The molecule has 1 aromatic heterocycles. The van der Waals surface area contributed by atoms with Gasteiger partial charge in [-0.05, 0) is 43.9 Å². The quantitative estimate of drug-likeness (QED) is 0.635. The maximum absolute atomic E-state index is 12.5. The molecule has 5 nitrogen and oxygen atoms in total. The summed E-state index contributed by atoms with van der Waals surface area (Å²) in [4.78, 5) is 14.5. The van der Waals surface area contributed by atoms with E-state index >= 15 is 0 Å². The molecular formula is C18H23N3O2S3. The first-order valence-electron chi connectivity index (χ1n) is 8.70. The standard InChI is InChI=1S/C18H23N3O2S3/c1-13(16(22)21-10-4-3-5-11-21)25-18-20-19-17(26-18)24-12-14-6-8-15(23-2)9-7-14/h6-9,13H,3-5,10-12H2,1-2H3/t13-/m1/s1. The number of methoxy groups -OCH3 is 1. The van der Waals surface area contributed by atoms with Crippen LogP contribution < -0.4 is 4.74 Å². The number of piperidine rings is 1. The highest BCUT2D eigenvalue weighted by Crippen LogP contribution is 2.33. The molecule has 0 radical (unpaired) electrons. The SMILES string of the molecule is COc1ccc(CSc2nnc(S[C@H](C)C(=O)N3CCCCC3)s2)cc1. The maximum Gasteiger partial charge on any atom is 0.235 e. The van der Waals surface area contributed by atoms with Gasteiger partial charge >= 0.3 is 0 Å². The lowest BCUT2D eigenvalue weighted by atomic mass is 10.1. The number of amides is 1. The second kappa shape index (κ2) is 9.62. The zero-order valence-corrected chi connectivity index (χ0v) is 17.5. The Morgan fingerprint density at radius 3 is 2.58 bits per heavy atom. The van der Waals surface area contributed by atoms with Gasteiger partial charge in [-0.25, -0.2) is 0 Å². The third-order valence-corrected chi connectivity index (χ3v) is 7.50. The van der Waals surface area contributed by atoms with Crippen molar-refractivity contribution in [3.63, 3.8) is 0 Å². The highest BCUT2D eigenvalue weighted by atomic mass is 32.2. The van der Waals surface area contributed by atoms with E-state index in [1.54, 1.807) is 30.2 Å². The van der Waals surface area contributed by atoms with Crippen molar-refractivity contribution < 1.29 is 9.53 Å². The molecule has 1 atom stereocenters. The van der Waals surface area contributed by atoms with Gasteiger partial charge in [0.15, 0.2) is 8.68 Å². The van der Waals surface area contributed by atoms with Crippen LogP contribution in [0, 0.1) is 0 Å². The Morgan fingerprint density at radius 1 is 1.19 bits per heavy atom. The van der Waals surface area contributed by atoms with E-state index in [0.717, 1.165) is 46.1 Å². The molecular weight excluding hydrogens is 386 g/mol. The van der Waals surface area contributed by atoms with Crippen molar-refractivity contribution in [1.82, 2.24) is 15.1 Å². The normalized spacial score (nSPS) is 15.7. The molecule has 0 N–H and O–H groups in total. The van der Waals surface area contributed by atoms with Gasteiger partial charge in [0.2, 0.25) is 5.91 Å². The lowest BCUT2D eigenvalue weighted by Gasteiger charge is -2.28. The fourth-order valence-electron chi connectivity index (χ4n) is 2.74. The molecule has 26 heavy (non-hydrogen) atoms. The average Bonchev–Trinajstić information content (AvgIpc) is 3.14. The van der Waals surface area contributed by atoms with Gasteiger partial charge in [-0.2, -0.15) is 0 Å². The van der Waals surface area contributed by atoms with E-state index in [4.69, 9.17) is 4.74 Å². The third-order valence-electron chi connectivity index (χ3n) is 4.20. The predicted octanol–water partition coefficient (Wildman–Crippen LogP) is 4.33. The van der Waals surface area contributed by atoms with Crippen LogP contribution in [-0.4, -0.2) is 46.5 Å². The molecule has 0 unspecified atom stereocenters. The summed E-state index contributed by atoms with van der Waals surface area (Å²) < 4.78 is 6.97. The van der Waals surface area contributed by atoms with Crippen molar-refractivity contribution in [2.24, 2.45) is 0 Å². The lowest BCUT2D eigenvalue weighted by Crippen LogP contribution is -2.40. The summed E-state index contributed by atoms with van der Waals surface area (Å²) in [6, 6.07) is 8.04. The molecule has 3 rings (SSSR count). The van der Waals surface area contributed by atoms with Crippen molar-refractivity contribution in [2.45, 2.75) is 45.9 Å². The second-order valence-corrected chi connectivity index (χ2v) is 9.90.